The van der Waals surface area contributed by atoms with Gasteiger partial charge in [0.15, 0.2) is 0 Å². The molecule has 1 atom stereocenters. The third-order valence-electron chi connectivity index (χ3n) is 3.57. The van der Waals surface area contributed by atoms with Crippen molar-refractivity contribution < 1.29 is 9.59 Å². The van der Waals surface area contributed by atoms with Gasteiger partial charge in [-0.2, -0.15) is 0 Å². The molecule has 1 saturated heterocycles. The van der Waals surface area contributed by atoms with Crippen LogP contribution in [0.4, 0.5) is 0 Å². The molecule has 1 aromatic heterocycles. The average molecular weight is 290 g/mol. The number of rotatable bonds is 5. The summed E-state index contributed by atoms with van der Waals surface area (Å²) in [6.07, 6.45) is 4.54. The summed E-state index contributed by atoms with van der Waals surface area (Å²) in [7, 11) is 0. The minimum absolute atomic E-state index is 0.0246. The van der Waals surface area contributed by atoms with Crippen molar-refractivity contribution in [1.82, 2.24) is 20.5 Å². The zero-order valence-electron chi connectivity index (χ0n) is 12.3. The second kappa shape index (κ2) is 7.73. The Morgan fingerprint density at radius 2 is 2.38 bits per heavy atom. The Balaban J connectivity index is 1.93. The number of nitrogens with zero attached hydrogens (tertiary/aromatic N) is 2. The van der Waals surface area contributed by atoms with E-state index in [2.05, 4.69) is 15.6 Å². The van der Waals surface area contributed by atoms with E-state index in [4.69, 9.17) is 0 Å². The molecule has 1 aliphatic heterocycles. The molecule has 0 radical (unpaired) electrons. The van der Waals surface area contributed by atoms with Gasteiger partial charge in [-0.1, -0.05) is 6.07 Å². The van der Waals surface area contributed by atoms with Gasteiger partial charge >= 0.3 is 0 Å². The van der Waals surface area contributed by atoms with Crippen LogP contribution in [-0.2, 0) is 16.0 Å². The van der Waals surface area contributed by atoms with E-state index < -0.39 is 6.04 Å². The number of pyridine rings is 1. The summed E-state index contributed by atoms with van der Waals surface area (Å²) in [4.78, 5) is 30.2. The monoisotopic (exact) mass is 290 g/mol. The third-order valence-corrected chi connectivity index (χ3v) is 3.57. The molecule has 0 spiro atoms. The summed E-state index contributed by atoms with van der Waals surface area (Å²) in [6, 6.07) is 3.42. The number of piperazine rings is 1. The first kappa shape index (κ1) is 15.4. The Labute approximate surface area is 124 Å². The predicted molar refractivity (Wildman–Crippen MR) is 79.6 cm³/mol. The molecular weight excluding hydrogens is 268 g/mol. The maximum Gasteiger partial charge on any atom is 0.244 e. The molecule has 21 heavy (non-hydrogen) atoms. The van der Waals surface area contributed by atoms with E-state index in [-0.39, 0.29) is 11.8 Å². The van der Waals surface area contributed by atoms with Crippen LogP contribution in [0.2, 0.25) is 0 Å². The number of nitrogens with one attached hydrogen (secondary N) is 2. The number of aromatic nitrogens is 1. The topological polar surface area (TPSA) is 74.3 Å². The summed E-state index contributed by atoms with van der Waals surface area (Å²) < 4.78 is 0. The summed E-state index contributed by atoms with van der Waals surface area (Å²) >= 11 is 0. The molecule has 6 nitrogen and oxygen atoms in total. The Morgan fingerprint density at radius 3 is 3.10 bits per heavy atom. The first-order valence-corrected chi connectivity index (χ1v) is 7.39. The molecule has 114 valence electrons. The first-order chi connectivity index (χ1) is 10.2. The van der Waals surface area contributed by atoms with Crippen molar-refractivity contribution in [3.63, 3.8) is 0 Å². The van der Waals surface area contributed by atoms with Crippen LogP contribution >= 0.6 is 0 Å². The number of likely N-dealkylation sites (N-methyl/N-ethyl adjacent to an activating group) is 1. The van der Waals surface area contributed by atoms with Gasteiger partial charge in [0.25, 0.3) is 0 Å². The van der Waals surface area contributed by atoms with Crippen molar-refractivity contribution in [2.45, 2.75) is 25.8 Å². The molecule has 0 saturated carbocycles. The van der Waals surface area contributed by atoms with E-state index in [1.165, 1.54) is 0 Å². The maximum atomic E-state index is 12.4. The van der Waals surface area contributed by atoms with Crippen molar-refractivity contribution in [3.05, 3.63) is 30.1 Å². The number of amides is 2. The van der Waals surface area contributed by atoms with E-state index >= 15 is 0 Å². The number of aryl methyl sites for hydroxylation is 1. The highest BCUT2D eigenvalue weighted by molar-refractivity contribution is 5.88. The van der Waals surface area contributed by atoms with Crippen LogP contribution in [0, 0.1) is 0 Å². The van der Waals surface area contributed by atoms with Gasteiger partial charge in [-0.05, 0) is 25.0 Å². The fourth-order valence-corrected chi connectivity index (χ4v) is 2.47. The molecule has 2 N–H and O–H groups in total. The maximum absolute atomic E-state index is 12.4. The van der Waals surface area contributed by atoms with Crippen molar-refractivity contribution in [1.29, 1.82) is 0 Å². The lowest BCUT2D eigenvalue weighted by atomic mass is 10.1. The Kier molecular flexibility index (Phi) is 5.68. The second-order valence-corrected chi connectivity index (χ2v) is 5.06. The number of carbonyl (C=O) groups is 2. The van der Waals surface area contributed by atoms with Gasteiger partial charge in [-0.3, -0.25) is 14.6 Å². The highest BCUT2D eigenvalue weighted by Crippen LogP contribution is 2.09. The lowest BCUT2D eigenvalue weighted by Crippen LogP contribution is -2.59. The normalized spacial score (nSPS) is 18.3. The van der Waals surface area contributed by atoms with Crippen molar-refractivity contribution >= 4 is 11.8 Å². The van der Waals surface area contributed by atoms with E-state index in [1.807, 2.05) is 19.1 Å². The third kappa shape index (κ3) is 4.26. The van der Waals surface area contributed by atoms with E-state index in [9.17, 15) is 9.59 Å². The van der Waals surface area contributed by atoms with Gasteiger partial charge in [0.2, 0.25) is 11.8 Å². The largest absolute Gasteiger partial charge is 0.355 e. The highest BCUT2D eigenvalue weighted by Gasteiger charge is 2.31. The van der Waals surface area contributed by atoms with Crippen LogP contribution in [0.3, 0.4) is 0 Å². The van der Waals surface area contributed by atoms with Crippen molar-refractivity contribution in [2.75, 3.05) is 26.2 Å². The lowest BCUT2D eigenvalue weighted by molar-refractivity contribution is -0.141. The van der Waals surface area contributed by atoms with E-state index in [0.717, 1.165) is 12.1 Å². The van der Waals surface area contributed by atoms with Crippen molar-refractivity contribution in [2.24, 2.45) is 0 Å². The Bertz CT molecular complexity index is 478. The van der Waals surface area contributed by atoms with Gasteiger partial charge in [0.05, 0.1) is 0 Å². The highest BCUT2D eigenvalue weighted by atomic mass is 16.2. The predicted octanol–water partition coefficient (Wildman–Crippen LogP) is -0.0493. The molecule has 1 aliphatic rings. The minimum atomic E-state index is -0.403. The van der Waals surface area contributed by atoms with Gasteiger partial charge < -0.3 is 15.5 Å². The molecule has 2 heterocycles. The van der Waals surface area contributed by atoms with Crippen LogP contribution < -0.4 is 10.6 Å². The molecule has 1 aromatic rings. The zero-order valence-corrected chi connectivity index (χ0v) is 12.3. The van der Waals surface area contributed by atoms with Gasteiger partial charge in [0, 0.05) is 45.0 Å². The first-order valence-electron chi connectivity index (χ1n) is 7.39. The number of carbonyl (C=O) groups excluding carboxylic acids is 2. The van der Waals surface area contributed by atoms with Crippen molar-refractivity contribution in [3.8, 4) is 0 Å². The van der Waals surface area contributed by atoms with Crippen LogP contribution in [0.15, 0.2) is 24.5 Å². The lowest BCUT2D eigenvalue weighted by Gasteiger charge is -2.35. The van der Waals surface area contributed by atoms with Crippen LogP contribution in [-0.4, -0.2) is 53.9 Å². The van der Waals surface area contributed by atoms with Gasteiger partial charge in [-0.25, -0.2) is 0 Å². The average Bonchev–Trinajstić information content (AvgIpc) is 2.54. The molecule has 0 aromatic carbocycles. The molecular formula is C15H22N4O2. The van der Waals surface area contributed by atoms with E-state index in [0.29, 0.717) is 32.5 Å². The van der Waals surface area contributed by atoms with Crippen LogP contribution in [0.25, 0.3) is 0 Å². The molecule has 0 aliphatic carbocycles. The summed E-state index contributed by atoms with van der Waals surface area (Å²) in [6.45, 7) is 4.28. The standard InChI is InChI=1S/C15H22N4O2/c1-2-18-15(21)13-11-17-8-9-19(13)14(20)6-5-12-4-3-7-16-10-12/h3-4,7,10,13,17H,2,5-6,8-9,11H2,1H3,(H,18,21). The van der Waals surface area contributed by atoms with E-state index in [1.54, 1.807) is 17.3 Å². The molecule has 6 heteroatoms. The molecule has 2 rings (SSSR count). The number of hydrogen-bond donors (Lipinski definition) is 2. The SMILES string of the molecule is CCNC(=O)C1CNCCN1C(=O)CCc1cccnc1. The quantitative estimate of drug-likeness (QED) is 0.797. The van der Waals surface area contributed by atoms with Crippen LogP contribution in [0.5, 0.6) is 0 Å². The minimum Gasteiger partial charge on any atom is -0.355 e. The van der Waals surface area contributed by atoms with Crippen LogP contribution in [0.1, 0.15) is 18.9 Å². The second-order valence-electron chi connectivity index (χ2n) is 5.06. The molecule has 1 unspecified atom stereocenters. The fourth-order valence-electron chi connectivity index (χ4n) is 2.47. The zero-order chi connectivity index (χ0) is 15.1. The smallest absolute Gasteiger partial charge is 0.244 e. The Morgan fingerprint density at radius 1 is 1.52 bits per heavy atom. The molecule has 0 bridgehead atoms. The Hall–Kier alpha value is -1.95. The molecule has 2 amide bonds. The summed E-state index contributed by atoms with van der Waals surface area (Å²) in [5.41, 5.74) is 1.04. The van der Waals surface area contributed by atoms with Gasteiger partial charge in [0.1, 0.15) is 6.04 Å². The number of hydrogen-bond acceptors (Lipinski definition) is 4. The fraction of sp³-hybridized carbons (Fsp3) is 0.533. The molecule has 1 fully saturated rings. The summed E-state index contributed by atoms with van der Waals surface area (Å²) in [5, 5.41) is 5.96. The summed E-state index contributed by atoms with van der Waals surface area (Å²) in [5.74, 6) is -0.0592. The van der Waals surface area contributed by atoms with Gasteiger partial charge in [-0.15, -0.1) is 0 Å².